The number of aliphatic hydroxyl groups excluding tert-OH is 1. The van der Waals surface area contributed by atoms with Crippen molar-refractivity contribution < 1.29 is 19.8 Å². The molecule has 0 aromatic heterocycles. The van der Waals surface area contributed by atoms with E-state index in [4.69, 9.17) is 5.11 Å². The standard InChI is InChI=1S/C20H32O4/c1-13(11-18(23)24)5-7-15-14(2)6-8-16-19(15,3)10-9-17(22)20(16,4)12-21/h11-12,14-17,22H,5-10H2,1-4H3,(H,23,24). The van der Waals surface area contributed by atoms with E-state index in [9.17, 15) is 14.7 Å². The highest BCUT2D eigenvalue weighted by Crippen LogP contribution is 2.61. The zero-order valence-corrected chi connectivity index (χ0v) is 15.4. The fourth-order valence-electron chi connectivity index (χ4n) is 5.68. The first kappa shape index (κ1) is 19.2. The van der Waals surface area contributed by atoms with Crippen LogP contribution in [0.1, 0.15) is 66.2 Å². The van der Waals surface area contributed by atoms with E-state index in [-0.39, 0.29) is 11.3 Å². The molecule has 0 amide bonds. The molecule has 2 aliphatic rings. The van der Waals surface area contributed by atoms with E-state index in [0.717, 1.165) is 44.0 Å². The Morgan fingerprint density at radius 2 is 1.92 bits per heavy atom. The predicted molar refractivity (Wildman–Crippen MR) is 93.5 cm³/mol. The third-order valence-corrected chi connectivity index (χ3v) is 7.14. The molecule has 4 heteroatoms. The Morgan fingerprint density at radius 3 is 2.50 bits per heavy atom. The third kappa shape index (κ3) is 3.30. The molecule has 6 unspecified atom stereocenters. The van der Waals surface area contributed by atoms with Gasteiger partial charge in [-0.25, -0.2) is 4.79 Å². The van der Waals surface area contributed by atoms with E-state index in [2.05, 4.69) is 13.8 Å². The van der Waals surface area contributed by atoms with E-state index in [0.29, 0.717) is 18.3 Å². The number of allylic oxidation sites excluding steroid dienone is 1. The molecule has 136 valence electrons. The number of rotatable bonds is 5. The van der Waals surface area contributed by atoms with Gasteiger partial charge in [0.1, 0.15) is 6.29 Å². The van der Waals surface area contributed by atoms with Gasteiger partial charge in [-0.05, 0) is 62.2 Å². The number of carbonyl (C=O) groups excluding carboxylic acids is 1. The lowest BCUT2D eigenvalue weighted by molar-refractivity contribution is -0.164. The number of carbonyl (C=O) groups is 2. The summed E-state index contributed by atoms with van der Waals surface area (Å²) < 4.78 is 0. The van der Waals surface area contributed by atoms with Gasteiger partial charge >= 0.3 is 5.97 Å². The maximum Gasteiger partial charge on any atom is 0.328 e. The van der Waals surface area contributed by atoms with Crippen molar-refractivity contribution in [1.82, 2.24) is 0 Å². The lowest BCUT2D eigenvalue weighted by Gasteiger charge is -2.59. The molecule has 0 aromatic rings. The van der Waals surface area contributed by atoms with Crippen LogP contribution >= 0.6 is 0 Å². The van der Waals surface area contributed by atoms with Crippen molar-refractivity contribution >= 4 is 12.3 Å². The molecule has 2 aliphatic carbocycles. The molecule has 2 fully saturated rings. The highest BCUT2D eigenvalue weighted by atomic mass is 16.4. The van der Waals surface area contributed by atoms with Crippen molar-refractivity contribution in [3.8, 4) is 0 Å². The molecule has 2 rings (SSSR count). The Kier molecular flexibility index (Phi) is 5.58. The van der Waals surface area contributed by atoms with Crippen molar-refractivity contribution in [3.05, 3.63) is 11.6 Å². The Balaban J connectivity index is 2.24. The van der Waals surface area contributed by atoms with Crippen LogP contribution in [-0.2, 0) is 9.59 Å². The lowest BCUT2D eigenvalue weighted by atomic mass is 9.45. The number of hydrogen-bond acceptors (Lipinski definition) is 3. The second kappa shape index (κ2) is 6.99. The van der Waals surface area contributed by atoms with Gasteiger partial charge in [0, 0.05) is 6.08 Å². The molecule has 0 radical (unpaired) electrons. The summed E-state index contributed by atoms with van der Waals surface area (Å²) in [5, 5.41) is 19.3. The number of fused-ring (bicyclic) bond motifs is 1. The van der Waals surface area contributed by atoms with Crippen molar-refractivity contribution in [2.45, 2.75) is 72.3 Å². The molecule has 2 N–H and O–H groups in total. The van der Waals surface area contributed by atoms with Crippen LogP contribution in [0.25, 0.3) is 0 Å². The highest BCUT2D eigenvalue weighted by molar-refractivity contribution is 5.80. The average Bonchev–Trinajstić information content (AvgIpc) is 2.50. The van der Waals surface area contributed by atoms with Crippen LogP contribution in [0, 0.1) is 28.6 Å². The third-order valence-electron chi connectivity index (χ3n) is 7.14. The van der Waals surface area contributed by atoms with Gasteiger partial charge in [-0.2, -0.15) is 0 Å². The summed E-state index contributed by atoms with van der Waals surface area (Å²) in [6.07, 6.45) is 7.16. The summed E-state index contributed by atoms with van der Waals surface area (Å²) in [6, 6.07) is 0. The van der Waals surface area contributed by atoms with Gasteiger partial charge in [-0.3, -0.25) is 0 Å². The van der Waals surface area contributed by atoms with Crippen molar-refractivity contribution in [1.29, 1.82) is 0 Å². The highest BCUT2D eigenvalue weighted by Gasteiger charge is 2.58. The second-order valence-corrected chi connectivity index (χ2v) is 8.63. The van der Waals surface area contributed by atoms with Crippen molar-refractivity contribution in [2.24, 2.45) is 28.6 Å². The van der Waals surface area contributed by atoms with Crippen LogP contribution < -0.4 is 0 Å². The number of aliphatic hydroxyl groups is 1. The Morgan fingerprint density at radius 1 is 1.25 bits per heavy atom. The molecule has 0 spiro atoms. The molecule has 0 bridgehead atoms. The minimum Gasteiger partial charge on any atom is -0.478 e. The molecule has 0 saturated heterocycles. The lowest BCUT2D eigenvalue weighted by Crippen LogP contribution is -2.57. The number of carboxylic acids is 1. The number of hydrogen-bond donors (Lipinski definition) is 2. The normalized spacial score (nSPS) is 43.1. The van der Waals surface area contributed by atoms with E-state index in [1.165, 1.54) is 6.08 Å². The molecule has 24 heavy (non-hydrogen) atoms. The Labute approximate surface area is 145 Å². The van der Waals surface area contributed by atoms with E-state index >= 15 is 0 Å². The molecule has 0 heterocycles. The minimum absolute atomic E-state index is 0.0378. The van der Waals surface area contributed by atoms with Gasteiger partial charge in [0.05, 0.1) is 11.5 Å². The summed E-state index contributed by atoms with van der Waals surface area (Å²) in [6.45, 7) is 8.38. The van der Waals surface area contributed by atoms with Crippen LogP contribution in [0.3, 0.4) is 0 Å². The van der Waals surface area contributed by atoms with Gasteiger partial charge in [0.25, 0.3) is 0 Å². The summed E-state index contributed by atoms with van der Waals surface area (Å²) >= 11 is 0. The maximum atomic E-state index is 11.8. The Hall–Kier alpha value is -1.16. The molecule has 2 saturated carbocycles. The van der Waals surface area contributed by atoms with Gasteiger partial charge in [-0.15, -0.1) is 0 Å². The van der Waals surface area contributed by atoms with Gasteiger partial charge in [0.15, 0.2) is 0 Å². The van der Waals surface area contributed by atoms with E-state index in [1.807, 2.05) is 13.8 Å². The number of aliphatic carboxylic acids is 1. The summed E-state index contributed by atoms with van der Waals surface area (Å²) in [5.41, 5.74) is 0.280. The number of carboxylic acid groups (broad SMARTS) is 1. The second-order valence-electron chi connectivity index (χ2n) is 8.63. The summed E-state index contributed by atoms with van der Waals surface area (Å²) in [5.74, 6) is 0.342. The van der Waals surface area contributed by atoms with Crippen LogP contribution in [0.15, 0.2) is 11.6 Å². The summed E-state index contributed by atoms with van der Waals surface area (Å²) in [4.78, 5) is 22.7. The fourth-order valence-corrected chi connectivity index (χ4v) is 5.68. The topological polar surface area (TPSA) is 74.6 Å². The molecule has 0 aromatic carbocycles. The largest absolute Gasteiger partial charge is 0.478 e. The molecular formula is C20H32O4. The fraction of sp³-hybridized carbons (Fsp3) is 0.800. The van der Waals surface area contributed by atoms with Crippen molar-refractivity contribution in [3.63, 3.8) is 0 Å². The zero-order chi connectivity index (χ0) is 18.1. The first-order valence-electron chi connectivity index (χ1n) is 9.19. The summed E-state index contributed by atoms with van der Waals surface area (Å²) in [7, 11) is 0. The molecule has 6 atom stereocenters. The van der Waals surface area contributed by atoms with Gasteiger partial charge < -0.3 is 15.0 Å². The van der Waals surface area contributed by atoms with Crippen LogP contribution in [0.4, 0.5) is 0 Å². The van der Waals surface area contributed by atoms with Gasteiger partial charge in [0.2, 0.25) is 0 Å². The maximum absolute atomic E-state index is 11.8. The smallest absolute Gasteiger partial charge is 0.328 e. The van der Waals surface area contributed by atoms with Crippen LogP contribution in [-0.4, -0.2) is 28.6 Å². The zero-order valence-electron chi connectivity index (χ0n) is 15.4. The van der Waals surface area contributed by atoms with Crippen LogP contribution in [0.5, 0.6) is 0 Å². The molecule has 0 aliphatic heterocycles. The van der Waals surface area contributed by atoms with E-state index < -0.39 is 17.5 Å². The quantitative estimate of drug-likeness (QED) is 0.591. The van der Waals surface area contributed by atoms with Crippen molar-refractivity contribution in [2.75, 3.05) is 0 Å². The first-order valence-corrected chi connectivity index (χ1v) is 9.19. The van der Waals surface area contributed by atoms with E-state index in [1.54, 1.807) is 0 Å². The first-order chi connectivity index (χ1) is 11.1. The minimum atomic E-state index is -0.886. The van der Waals surface area contributed by atoms with Crippen LogP contribution in [0.2, 0.25) is 0 Å². The van der Waals surface area contributed by atoms with Gasteiger partial charge in [-0.1, -0.05) is 32.8 Å². The number of aldehydes is 1. The monoisotopic (exact) mass is 336 g/mol. The predicted octanol–water partition coefficient (Wildman–Crippen LogP) is 3.83. The Bertz CT molecular complexity index is 526. The average molecular weight is 336 g/mol. The SMILES string of the molecule is CC(=CC(=O)O)CCC1C(C)CCC2C(C)(C=O)C(O)CCC12C. The molecule has 4 nitrogen and oxygen atoms in total. The molecular weight excluding hydrogens is 304 g/mol.